The van der Waals surface area contributed by atoms with Gasteiger partial charge in [-0.1, -0.05) is 29.5 Å². The predicted octanol–water partition coefficient (Wildman–Crippen LogP) is 4.88. The van der Waals surface area contributed by atoms with Crippen LogP contribution >= 0.6 is 59.6 Å². The first kappa shape index (κ1) is 11.1. The Kier molecular flexibility index (Phi) is 4.15. The number of hydrogen-bond donors (Lipinski definition) is 0. The maximum atomic E-state index is 3.43. The van der Waals surface area contributed by atoms with Crippen molar-refractivity contribution >= 4 is 59.6 Å². The van der Waals surface area contributed by atoms with E-state index in [1.54, 1.807) is 11.8 Å². The van der Waals surface area contributed by atoms with E-state index in [-0.39, 0.29) is 1.47 Å². The standard InChI is InChI=1S/C8H7Br3S/c1-6-2-4-7(5-3-6)12-8(9,10)11/h2-5H,1H3. The minimum atomic E-state index is -0.248. The molecule has 4 heteroatoms. The Morgan fingerprint density at radius 2 is 1.58 bits per heavy atom. The molecule has 1 aromatic rings. The first-order chi connectivity index (χ1) is 5.47. The lowest BCUT2D eigenvalue weighted by atomic mass is 10.2. The lowest BCUT2D eigenvalue weighted by Gasteiger charge is -2.10. The summed E-state index contributed by atoms with van der Waals surface area (Å²) in [4.78, 5) is 1.21. The second-order valence-corrected chi connectivity index (χ2v) is 12.0. The summed E-state index contributed by atoms with van der Waals surface area (Å²) in [6.07, 6.45) is 0. The van der Waals surface area contributed by atoms with Gasteiger partial charge in [-0.15, -0.1) is 0 Å². The van der Waals surface area contributed by atoms with Crippen LogP contribution in [0.25, 0.3) is 0 Å². The van der Waals surface area contributed by atoms with Crippen molar-refractivity contribution in [2.24, 2.45) is 0 Å². The molecule has 0 nitrogen and oxygen atoms in total. The molecule has 0 saturated carbocycles. The number of thioether (sulfide) groups is 1. The molecule has 0 aliphatic carbocycles. The van der Waals surface area contributed by atoms with E-state index in [1.165, 1.54) is 10.5 Å². The minimum absolute atomic E-state index is 0.248. The average Bonchev–Trinajstić information content (AvgIpc) is 1.91. The lowest BCUT2D eigenvalue weighted by molar-refractivity contribution is 1.38. The Morgan fingerprint density at radius 1 is 1.08 bits per heavy atom. The molecule has 0 aliphatic rings. The quantitative estimate of drug-likeness (QED) is 0.498. The number of benzene rings is 1. The Bertz CT molecular complexity index is 250. The van der Waals surface area contributed by atoms with E-state index >= 15 is 0 Å². The molecule has 66 valence electrons. The molecular weight excluding hydrogens is 368 g/mol. The molecule has 1 rings (SSSR count). The van der Waals surface area contributed by atoms with Crippen LogP contribution in [0.3, 0.4) is 0 Å². The summed E-state index contributed by atoms with van der Waals surface area (Å²) in [6.45, 7) is 2.08. The van der Waals surface area contributed by atoms with Crippen molar-refractivity contribution in [1.82, 2.24) is 0 Å². The summed E-state index contributed by atoms with van der Waals surface area (Å²) in [7, 11) is 0. The van der Waals surface area contributed by atoms with Crippen LogP contribution in [0.15, 0.2) is 29.2 Å². The van der Waals surface area contributed by atoms with Crippen LogP contribution < -0.4 is 0 Å². The van der Waals surface area contributed by atoms with Crippen molar-refractivity contribution in [3.63, 3.8) is 0 Å². The predicted molar refractivity (Wildman–Crippen MR) is 66.5 cm³/mol. The fourth-order valence-corrected chi connectivity index (χ4v) is 2.96. The van der Waals surface area contributed by atoms with Gasteiger partial charge in [-0.2, -0.15) is 0 Å². The van der Waals surface area contributed by atoms with Gasteiger partial charge in [0.25, 0.3) is 0 Å². The maximum absolute atomic E-state index is 3.43. The van der Waals surface area contributed by atoms with Gasteiger partial charge in [0.05, 0.1) is 0 Å². The first-order valence-electron chi connectivity index (χ1n) is 3.30. The van der Waals surface area contributed by atoms with Gasteiger partial charge in [0, 0.05) is 4.90 Å². The molecule has 1 aromatic carbocycles. The van der Waals surface area contributed by atoms with Crippen molar-refractivity contribution in [1.29, 1.82) is 0 Å². The van der Waals surface area contributed by atoms with E-state index in [4.69, 9.17) is 0 Å². The largest absolute Gasteiger partial charge is 0.184 e. The molecule has 12 heavy (non-hydrogen) atoms. The van der Waals surface area contributed by atoms with E-state index in [9.17, 15) is 0 Å². The van der Waals surface area contributed by atoms with E-state index < -0.39 is 0 Å². The molecule has 0 heterocycles. The van der Waals surface area contributed by atoms with Crippen LogP contribution in [0.2, 0.25) is 0 Å². The van der Waals surface area contributed by atoms with Crippen LogP contribution in [0.4, 0.5) is 0 Å². The number of alkyl halides is 3. The van der Waals surface area contributed by atoms with Gasteiger partial charge in [0.15, 0.2) is 1.47 Å². The molecule has 0 saturated heterocycles. The van der Waals surface area contributed by atoms with Crippen LogP contribution in [0, 0.1) is 6.92 Å². The SMILES string of the molecule is Cc1ccc(SC(Br)(Br)Br)cc1. The Hall–Kier alpha value is 1.01. The van der Waals surface area contributed by atoms with E-state index in [2.05, 4.69) is 79.0 Å². The number of halogens is 3. The second kappa shape index (κ2) is 4.49. The van der Waals surface area contributed by atoms with Gasteiger partial charge in [-0.3, -0.25) is 0 Å². The van der Waals surface area contributed by atoms with Gasteiger partial charge < -0.3 is 0 Å². The number of rotatable bonds is 1. The fourth-order valence-electron chi connectivity index (χ4n) is 0.740. The Labute approximate surface area is 102 Å². The Balaban J connectivity index is 2.71. The van der Waals surface area contributed by atoms with Crippen molar-refractivity contribution in [3.8, 4) is 0 Å². The molecule has 0 aliphatic heterocycles. The minimum Gasteiger partial charge on any atom is -0.0848 e. The molecule has 0 atom stereocenters. The van der Waals surface area contributed by atoms with Crippen LogP contribution in [0.1, 0.15) is 5.56 Å². The topological polar surface area (TPSA) is 0 Å². The molecule has 0 fully saturated rings. The smallest absolute Gasteiger partial charge is 0.0848 e. The van der Waals surface area contributed by atoms with Crippen LogP contribution in [-0.4, -0.2) is 1.47 Å². The Morgan fingerprint density at radius 3 is 2.00 bits per heavy atom. The molecule has 0 bridgehead atoms. The summed E-state index contributed by atoms with van der Waals surface area (Å²) in [5, 5.41) is 0. The zero-order valence-electron chi connectivity index (χ0n) is 6.35. The number of hydrogen-bond acceptors (Lipinski definition) is 1. The maximum Gasteiger partial charge on any atom is 0.184 e. The van der Waals surface area contributed by atoms with Gasteiger partial charge in [-0.05, 0) is 66.8 Å². The summed E-state index contributed by atoms with van der Waals surface area (Å²) in [5.41, 5.74) is 1.28. The molecule has 0 unspecified atom stereocenters. The third kappa shape index (κ3) is 4.30. The average molecular weight is 375 g/mol. The van der Waals surface area contributed by atoms with E-state index in [1.807, 2.05) is 0 Å². The van der Waals surface area contributed by atoms with Crippen molar-refractivity contribution in [2.75, 3.05) is 0 Å². The molecule has 0 radical (unpaired) electrons. The summed E-state index contributed by atoms with van der Waals surface area (Å²) < 4.78 is -0.248. The van der Waals surface area contributed by atoms with Gasteiger partial charge in [-0.25, -0.2) is 0 Å². The highest BCUT2D eigenvalue weighted by Gasteiger charge is 2.18. The third-order valence-corrected chi connectivity index (χ3v) is 3.45. The zero-order valence-corrected chi connectivity index (χ0v) is 11.9. The van der Waals surface area contributed by atoms with Crippen LogP contribution in [-0.2, 0) is 0 Å². The normalized spacial score (nSPS) is 11.7. The zero-order chi connectivity index (χ0) is 9.19. The van der Waals surface area contributed by atoms with Crippen molar-refractivity contribution in [3.05, 3.63) is 29.8 Å². The second-order valence-electron chi connectivity index (χ2n) is 2.36. The van der Waals surface area contributed by atoms with Gasteiger partial charge in [0.1, 0.15) is 0 Å². The highest BCUT2D eigenvalue weighted by atomic mass is 80.0. The summed E-state index contributed by atoms with van der Waals surface area (Å²) in [6, 6.07) is 8.39. The van der Waals surface area contributed by atoms with Crippen molar-refractivity contribution in [2.45, 2.75) is 13.3 Å². The van der Waals surface area contributed by atoms with E-state index in [0.717, 1.165) is 0 Å². The highest BCUT2D eigenvalue weighted by molar-refractivity contribution is 9.42. The first-order valence-corrected chi connectivity index (χ1v) is 6.49. The molecular formula is C8H7Br3S. The molecule has 0 N–H and O–H groups in total. The lowest BCUT2D eigenvalue weighted by Crippen LogP contribution is -1.89. The van der Waals surface area contributed by atoms with Crippen LogP contribution in [0.5, 0.6) is 0 Å². The van der Waals surface area contributed by atoms with Crippen molar-refractivity contribution < 1.29 is 0 Å². The monoisotopic (exact) mass is 372 g/mol. The molecule has 0 aromatic heterocycles. The van der Waals surface area contributed by atoms with Gasteiger partial charge in [0.2, 0.25) is 0 Å². The number of aryl methyl sites for hydroxylation is 1. The third-order valence-electron chi connectivity index (χ3n) is 1.25. The fraction of sp³-hybridized carbons (Fsp3) is 0.250. The molecule has 0 spiro atoms. The highest BCUT2D eigenvalue weighted by Crippen LogP contribution is 2.48. The molecule has 0 amide bonds. The van der Waals surface area contributed by atoms with Gasteiger partial charge >= 0.3 is 0 Å². The summed E-state index contributed by atoms with van der Waals surface area (Å²) in [5.74, 6) is 0. The van der Waals surface area contributed by atoms with E-state index in [0.29, 0.717) is 0 Å². The summed E-state index contributed by atoms with van der Waals surface area (Å²) >= 11 is 11.9.